The van der Waals surface area contributed by atoms with Gasteiger partial charge in [0.25, 0.3) is 0 Å². The molecule has 0 saturated carbocycles. The molecule has 1 aromatic rings. The SMILES string of the molecule is CC1(C)OB([C@H](N)c2cc(Br)cc(Br)c2O)OC1(C)C. The van der Waals surface area contributed by atoms with Gasteiger partial charge in [0.1, 0.15) is 5.75 Å². The molecule has 20 heavy (non-hydrogen) atoms. The Labute approximate surface area is 136 Å². The third kappa shape index (κ3) is 2.79. The average Bonchev–Trinajstić information content (AvgIpc) is 2.52. The molecule has 1 heterocycles. The normalized spacial score (nSPS) is 22.1. The van der Waals surface area contributed by atoms with Gasteiger partial charge >= 0.3 is 7.12 Å². The molecular formula is C13H18BBr2NO3. The first-order valence-electron chi connectivity index (χ1n) is 6.34. The van der Waals surface area contributed by atoms with E-state index in [1.54, 1.807) is 12.1 Å². The summed E-state index contributed by atoms with van der Waals surface area (Å²) in [6.45, 7) is 7.87. The fourth-order valence-corrected chi connectivity index (χ4v) is 3.28. The molecule has 0 aliphatic carbocycles. The number of nitrogens with two attached hydrogens (primary N) is 1. The summed E-state index contributed by atoms with van der Waals surface area (Å²) < 4.78 is 13.3. The van der Waals surface area contributed by atoms with E-state index in [0.717, 1.165) is 4.47 Å². The van der Waals surface area contributed by atoms with Gasteiger partial charge in [-0.15, -0.1) is 0 Å². The molecule has 0 spiro atoms. The van der Waals surface area contributed by atoms with E-state index >= 15 is 0 Å². The van der Waals surface area contributed by atoms with Gasteiger partial charge < -0.3 is 20.1 Å². The predicted octanol–water partition coefficient (Wildman–Crippen LogP) is 3.55. The predicted molar refractivity (Wildman–Crippen MR) is 86.5 cm³/mol. The van der Waals surface area contributed by atoms with Crippen LogP contribution in [0.15, 0.2) is 21.1 Å². The molecule has 0 aromatic heterocycles. The Morgan fingerprint density at radius 3 is 2.15 bits per heavy atom. The number of aromatic hydroxyl groups is 1. The number of phenols is 1. The molecule has 1 aliphatic rings. The van der Waals surface area contributed by atoms with E-state index in [0.29, 0.717) is 10.0 Å². The molecule has 0 unspecified atom stereocenters. The smallest absolute Gasteiger partial charge is 0.480 e. The first kappa shape index (κ1) is 16.3. The van der Waals surface area contributed by atoms with E-state index in [1.165, 1.54) is 0 Å². The van der Waals surface area contributed by atoms with Crippen LogP contribution >= 0.6 is 31.9 Å². The van der Waals surface area contributed by atoms with Crippen LogP contribution < -0.4 is 5.73 Å². The van der Waals surface area contributed by atoms with E-state index < -0.39 is 24.3 Å². The summed E-state index contributed by atoms with van der Waals surface area (Å²) >= 11 is 6.69. The fraction of sp³-hybridized carbons (Fsp3) is 0.538. The number of rotatable bonds is 2. The molecule has 3 N–H and O–H groups in total. The van der Waals surface area contributed by atoms with Crippen molar-refractivity contribution in [2.45, 2.75) is 44.8 Å². The lowest BCUT2D eigenvalue weighted by Gasteiger charge is -2.32. The zero-order valence-corrected chi connectivity index (χ0v) is 15.1. The van der Waals surface area contributed by atoms with Crippen LogP contribution in [0.25, 0.3) is 0 Å². The van der Waals surface area contributed by atoms with Crippen LogP contribution in [-0.2, 0) is 9.31 Å². The second-order valence-corrected chi connectivity index (χ2v) is 7.75. The highest BCUT2D eigenvalue weighted by atomic mass is 79.9. The van der Waals surface area contributed by atoms with E-state index in [-0.39, 0.29) is 5.75 Å². The lowest BCUT2D eigenvalue weighted by Crippen LogP contribution is -2.41. The van der Waals surface area contributed by atoms with Gasteiger partial charge in [0.2, 0.25) is 0 Å². The van der Waals surface area contributed by atoms with Crippen LogP contribution in [-0.4, -0.2) is 23.4 Å². The highest BCUT2D eigenvalue weighted by Gasteiger charge is 2.53. The lowest BCUT2D eigenvalue weighted by atomic mass is 9.74. The van der Waals surface area contributed by atoms with Crippen molar-refractivity contribution < 1.29 is 14.4 Å². The minimum absolute atomic E-state index is 0.107. The molecule has 1 fully saturated rings. The number of phenolic OH excluding ortho intramolecular Hbond substituents is 1. The van der Waals surface area contributed by atoms with Gasteiger partial charge in [0.05, 0.1) is 21.6 Å². The quantitative estimate of drug-likeness (QED) is 0.737. The first-order valence-corrected chi connectivity index (χ1v) is 7.93. The topological polar surface area (TPSA) is 64.7 Å². The molecule has 0 radical (unpaired) electrons. The van der Waals surface area contributed by atoms with Crippen LogP contribution in [0.3, 0.4) is 0 Å². The molecule has 1 aromatic carbocycles. The molecule has 0 bridgehead atoms. The Kier molecular flexibility index (Phi) is 4.31. The summed E-state index contributed by atoms with van der Waals surface area (Å²) in [6, 6.07) is 3.53. The van der Waals surface area contributed by atoms with Crippen molar-refractivity contribution in [3.8, 4) is 5.75 Å². The third-order valence-electron chi connectivity index (χ3n) is 3.98. The summed E-state index contributed by atoms with van der Waals surface area (Å²) in [5.74, 6) is -0.472. The van der Waals surface area contributed by atoms with Crippen LogP contribution in [0.1, 0.15) is 39.2 Å². The van der Waals surface area contributed by atoms with Gasteiger partial charge in [-0.2, -0.15) is 0 Å². The van der Waals surface area contributed by atoms with Crippen molar-refractivity contribution in [3.05, 3.63) is 26.6 Å². The summed E-state index contributed by atoms with van der Waals surface area (Å²) in [6.07, 6.45) is 0. The van der Waals surface area contributed by atoms with Crippen molar-refractivity contribution in [1.82, 2.24) is 0 Å². The summed E-state index contributed by atoms with van der Waals surface area (Å²) in [7, 11) is -0.605. The second kappa shape index (κ2) is 5.28. The molecule has 0 amide bonds. The molecule has 110 valence electrons. The van der Waals surface area contributed by atoms with Gasteiger partial charge in [-0.25, -0.2) is 0 Å². The van der Waals surface area contributed by atoms with Gasteiger partial charge in [0, 0.05) is 10.0 Å². The van der Waals surface area contributed by atoms with Crippen LogP contribution in [0.2, 0.25) is 0 Å². The second-order valence-electron chi connectivity index (χ2n) is 5.98. The zero-order valence-electron chi connectivity index (χ0n) is 11.9. The number of benzene rings is 1. The van der Waals surface area contributed by atoms with E-state index in [9.17, 15) is 5.11 Å². The number of hydrogen-bond donors (Lipinski definition) is 2. The monoisotopic (exact) mass is 405 g/mol. The fourth-order valence-electron chi connectivity index (χ4n) is 2.02. The maximum absolute atomic E-state index is 10.2. The first-order chi connectivity index (χ1) is 9.05. The largest absolute Gasteiger partial charge is 0.506 e. The Morgan fingerprint density at radius 2 is 1.65 bits per heavy atom. The van der Waals surface area contributed by atoms with Crippen LogP contribution in [0.4, 0.5) is 0 Å². The van der Waals surface area contributed by atoms with E-state index in [2.05, 4.69) is 31.9 Å². The minimum atomic E-state index is -0.605. The van der Waals surface area contributed by atoms with Crippen molar-refractivity contribution in [2.24, 2.45) is 5.73 Å². The Hall–Kier alpha value is -0.0751. The average molecular weight is 407 g/mol. The Balaban J connectivity index is 2.32. The standard InChI is InChI=1S/C13H18BBr2NO3/c1-12(2)13(3,4)20-14(19-12)11(17)8-5-7(15)6-9(16)10(8)18/h5-6,11,18H,17H2,1-4H3/t11-/m1/s1. The van der Waals surface area contributed by atoms with Crippen molar-refractivity contribution in [2.75, 3.05) is 0 Å². The molecule has 2 rings (SSSR count). The molecular weight excluding hydrogens is 389 g/mol. The third-order valence-corrected chi connectivity index (χ3v) is 5.04. The molecule has 1 atom stereocenters. The van der Waals surface area contributed by atoms with Gasteiger partial charge in [-0.05, 0) is 55.8 Å². The molecule has 1 saturated heterocycles. The van der Waals surface area contributed by atoms with Gasteiger partial charge in [0.15, 0.2) is 0 Å². The van der Waals surface area contributed by atoms with Crippen LogP contribution in [0, 0.1) is 0 Å². The summed E-state index contributed by atoms with van der Waals surface area (Å²) in [5, 5.41) is 10.2. The van der Waals surface area contributed by atoms with Gasteiger partial charge in [-0.3, -0.25) is 0 Å². The maximum atomic E-state index is 10.2. The van der Waals surface area contributed by atoms with Gasteiger partial charge in [-0.1, -0.05) is 15.9 Å². The van der Waals surface area contributed by atoms with Crippen LogP contribution in [0.5, 0.6) is 5.75 Å². The van der Waals surface area contributed by atoms with Crippen molar-refractivity contribution in [1.29, 1.82) is 0 Å². The Morgan fingerprint density at radius 1 is 1.15 bits per heavy atom. The summed E-state index contributed by atoms with van der Waals surface area (Å²) in [5.41, 5.74) is 5.90. The Bertz CT molecular complexity index is 521. The number of halogens is 2. The molecule has 4 nitrogen and oxygen atoms in total. The zero-order chi connectivity index (χ0) is 15.3. The molecule has 7 heteroatoms. The minimum Gasteiger partial charge on any atom is -0.506 e. The van der Waals surface area contributed by atoms with Crippen molar-refractivity contribution in [3.63, 3.8) is 0 Å². The highest BCUT2D eigenvalue weighted by Crippen LogP contribution is 2.42. The summed E-state index contributed by atoms with van der Waals surface area (Å²) in [4.78, 5) is 0. The lowest BCUT2D eigenvalue weighted by molar-refractivity contribution is 0.00578. The van der Waals surface area contributed by atoms with Crippen molar-refractivity contribution >= 4 is 39.0 Å². The highest BCUT2D eigenvalue weighted by molar-refractivity contribution is 9.11. The molecule has 1 aliphatic heterocycles. The van der Waals surface area contributed by atoms with E-state index in [1.807, 2.05) is 27.7 Å². The number of hydrogen-bond acceptors (Lipinski definition) is 4. The van der Waals surface area contributed by atoms with E-state index in [4.69, 9.17) is 15.0 Å². The maximum Gasteiger partial charge on any atom is 0.480 e.